The van der Waals surface area contributed by atoms with E-state index < -0.39 is 6.09 Å². The molecule has 0 unspecified atom stereocenters. The van der Waals surface area contributed by atoms with E-state index in [0.717, 1.165) is 30.9 Å². The lowest BCUT2D eigenvalue weighted by molar-refractivity contribution is 0.146. The number of likely N-dealkylation sites (tertiary alicyclic amines) is 1. The van der Waals surface area contributed by atoms with Gasteiger partial charge in [-0.05, 0) is 32.0 Å². The van der Waals surface area contributed by atoms with Crippen molar-refractivity contribution in [2.24, 2.45) is 0 Å². The minimum Gasteiger partial charge on any atom is -0.448 e. The number of ether oxygens (including phenoxy) is 2. The Labute approximate surface area is 119 Å². The molecule has 1 aliphatic rings. The van der Waals surface area contributed by atoms with E-state index in [-0.39, 0.29) is 0 Å². The van der Waals surface area contributed by atoms with Gasteiger partial charge in [-0.25, -0.2) is 4.79 Å². The van der Waals surface area contributed by atoms with Gasteiger partial charge in [0.05, 0.1) is 6.61 Å². The highest BCUT2D eigenvalue weighted by atomic mass is 16.5. The van der Waals surface area contributed by atoms with Gasteiger partial charge in [0.1, 0.15) is 6.61 Å². The van der Waals surface area contributed by atoms with E-state index in [4.69, 9.17) is 9.47 Å². The summed E-state index contributed by atoms with van der Waals surface area (Å²) in [5.74, 6) is 0. The lowest BCUT2D eigenvalue weighted by Gasteiger charge is -2.15. The molecule has 1 saturated heterocycles. The maximum Gasteiger partial charge on any atom is 0.411 e. The van der Waals surface area contributed by atoms with Crippen molar-refractivity contribution in [2.75, 3.05) is 38.7 Å². The third-order valence-electron chi connectivity index (χ3n) is 3.39. The zero-order chi connectivity index (χ0) is 14.2. The largest absolute Gasteiger partial charge is 0.448 e. The van der Waals surface area contributed by atoms with Crippen molar-refractivity contribution in [3.05, 3.63) is 29.8 Å². The van der Waals surface area contributed by atoms with Crippen LogP contribution in [0.15, 0.2) is 24.3 Å². The van der Waals surface area contributed by atoms with Crippen molar-refractivity contribution in [3.63, 3.8) is 0 Å². The molecule has 0 radical (unpaired) electrons. The molecule has 0 aromatic heterocycles. The highest BCUT2D eigenvalue weighted by Gasteiger charge is 2.12. The number of benzene rings is 1. The van der Waals surface area contributed by atoms with Gasteiger partial charge in [0, 0.05) is 24.9 Å². The molecule has 1 amide bonds. The first-order chi connectivity index (χ1) is 9.79. The van der Waals surface area contributed by atoms with Crippen molar-refractivity contribution >= 4 is 11.8 Å². The number of hydrogen-bond acceptors (Lipinski definition) is 4. The number of rotatable bonds is 6. The minimum atomic E-state index is -0.409. The first-order valence-corrected chi connectivity index (χ1v) is 7.02. The first-order valence-electron chi connectivity index (χ1n) is 7.02. The van der Waals surface area contributed by atoms with Crippen LogP contribution in [0.2, 0.25) is 0 Å². The van der Waals surface area contributed by atoms with Gasteiger partial charge in [0.15, 0.2) is 0 Å². The second kappa shape index (κ2) is 7.87. The maximum atomic E-state index is 11.8. The molecule has 2 rings (SSSR count). The SMILES string of the molecule is COCc1ccccc1NC(=O)OCCN1CCCC1. The van der Waals surface area contributed by atoms with E-state index in [0.29, 0.717) is 13.2 Å². The molecule has 1 aliphatic heterocycles. The van der Waals surface area contributed by atoms with Gasteiger partial charge in [-0.2, -0.15) is 0 Å². The molecule has 1 aromatic carbocycles. The second-order valence-electron chi connectivity index (χ2n) is 4.90. The normalized spacial score (nSPS) is 15.2. The Bertz CT molecular complexity index is 431. The summed E-state index contributed by atoms with van der Waals surface area (Å²) >= 11 is 0. The van der Waals surface area contributed by atoms with Crippen LogP contribution in [0.25, 0.3) is 0 Å². The van der Waals surface area contributed by atoms with Crippen LogP contribution in [-0.4, -0.2) is 44.3 Å². The number of para-hydroxylation sites is 1. The van der Waals surface area contributed by atoms with Crippen LogP contribution in [0.5, 0.6) is 0 Å². The number of amides is 1. The fourth-order valence-corrected chi connectivity index (χ4v) is 2.34. The molecule has 0 bridgehead atoms. The Morgan fingerprint density at radius 1 is 1.30 bits per heavy atom. The van der Waals surface area contributed by atoms with Crippen molar-refractivity contribution in [3.8, 4) is 0 Å². The monoisotopic (exact) mass is 278 g/mol. The lowest BCUT2D eigenvalue weighted by atomic mass is 10.2. The molecule has 0 spiro atoms. The zero-order valence-electron chi connectivity index (χ0n) is 11.9. The molecule has 20 heavy (non-hydrogen) atoms. The fourth-order valence-electron chi connectivity index (χ4n) is 2.34. The summed E-state index contributed by atoms with van der Waals surface area (Å²) in [5.41, 5.74) is 1.67. The minimum absolute atomic E-state index is 0.409. The van der Waals surface area contributed by atoms with Crippen molar-refractivity contribution in [2.45, 2.75) is 19.4 Å². The van der Waals surface area contributed by atoms with E-state index >= 15 is 0 Å². The number of methoxy groups -OCH3 is 1. The van der Waals surface area contributed by atoms with Crippen LogP contribution in [0, 0.1) is 0 Å². The van der Waals surface area contributed by atoms with Gasteiger partial charge in [-0.3, -0.25) is 10.2 Å². The summed E-state index contributed by atoms with van der Waals surface area (Å²) in [6, 6.07) is 7.55. The number of nitrogens with one attached hydrogen (secondary N) is 1. The Balaban J connectivity index is 1.75. The first kappa shape index (κ1) is 14.8. The molecule has 5 nitrogen and oxygen atoms in total. The molecule has 0 atom stereocenters. The van der Waals surface area contributed by atoms with Crippen LogP contribution in [0.3, 0.4) is 0 Å². The van der Waals surface area contributed by atoms with E-state index in [9.17, 15) is 4.79 Å². The summed E-state index contributed by atoms with van der Waals surface area (Å²) in [6.07, 6.45) is 2.08. The number of carbonyl (C=O) groups excluding carboxylic acids is 1. The third kappa shape index (κ3) is 4.51. The summed E-state index contributed by atoms with van der Waals surface area (Å²) in [6.45, 7) is 3.93. The van der Waals surface area contributed by atoms with E-state index in [2.05, 4.69) is 10.2 Å². The molecule has 5 heteroatoms. The molecule has 1 heterocycles. The van der Waals surface area contributed by atoms with E-state index in [1.54, 1.807) is 7.11 Å². The van der Waals surface area contributed by atoms with E-state index in [1.807, 2.05) is 24.3 Å². The van der Waals surface area contributed by atoms with Gasteiger partial charge in [-0.1, -0.05) is 18.2 Å². The summed E-state index contributed by atoms with van der Waals surface area (Å²) in [5, 5.41) is 2.76. The Hall–Kier alpha value is -1.59. The molecule has 110 valence electrons. The van der Waals surface area contributed by atoms with Crippen LogP contribution < -0.4 is 5.32 Å². The van der Waals surface area contributed by atoms with Gasteiger partial charge in [0.25, 0.3) is 0 Å². The highest BCUT2D eigenvalue weighted by molar-refractivity contribution is 5.85. The fraction of sp³-hybridized carbons (Fsp3) is 0.533. The van der Waals surface area contributed by atoms with Crippen LogP contribution in [0.1, 0.15) is 18.4 Å². The second-order valence-corrected chi connectivity index (χ2v) is 4.90. The van der Waals surface area contributed by atoms with Gasteiger partial charge < -0.3 is 9.47 Å². The summed E-state index contributed by atoms with van der Waals surface area (Å²) in [4.78, 5) is 14.1. The maximum absolute atomic E-state index is 11.8. The van der Waals surface area contributed by atoms with Crippen molar-refractivity contribution < 1.29 is 14.3 Å². The number of carbonyl (C=O) groups is 1. The predicted octanol–water partition coefficient (Wildman–Crippen LogP) is 2.48. The van der Waals surface area contributed by atoms with Gasteiger partial charge in [-0.15, -0.1) is 0 Å². The number of nitrogens with zero attached hydrogens (tertiary/aromatic N) is 1. The molecular formula is C15H22N2O3. The highest BCUT2D eigenvalue weighted by Crippen LogP contribution is 2.16. The van der Waals surface area contributed by atoms with Crippen molar-refractivity contribution in [1.29, 1.82) is 0 Å². The van der Waals surface area contributed by atoms with Crippen LogP contribution in [-0.2, 0) is 16.1 Å². The summed E-state index contributed by atoms with van der Waals surface area (Å²) in [7, 11) is 1.63. The van der Waals surface area contributed by atoms with Gasteiger partial charge >= 0.3 is 6.09 Å². The average Bonchev–Trinajstić information content (AvgIpc) is 2.94. The lowest BCUT2D eigenvalue weighted by Crippen LogP contribution is -2.26. The summed E-state index contributed by atoms with van der Waals surface area (Å²) < 4.78 is 10.3. The molecular weight excluding hydrogens is 256 g/mol. The molecule has 0 aliphatic carbocycles. The van der Waals surface area contributed by atoms with Crippen molar-refractivity contribution in [1.82, 2.24) is 4.90 Å². The van der Waals surface area contributed by atoms with E-state index in [1.165, 1.54) is 12.8 Å². The molecule has 1 fully saturated rings. The van der Waals surface area contributed by atoms with Crippen LogP contribution in [0.4, 0.5) is 10.5 Å². The Morgan fingerprint density at radius 2 is 2.05 bits per heavy atom. The van der Waals surface area contributed by atoms with Gasteiger partial charge in [0.2, 0.25) is 0 Å². The topological polar surface area (TPSA) is 50.8 Å². The number of anilines is 1. The standard InChI is InChI=1S/C15H22N2O3/c1-19-12-13-6-2-3-7-14(13)16-15(18)20-11-10-17-8-4-5-9-17/h2-3,6-7H,4-5,8-12H2,1H3,(H,16,18). The Morgan fingerprint density at radius 3 is 2.80 bits per heavy atom. The molecule has 1 aromatic rings. The smallest absolute Gasteiger partial charge is 0.411 e. The van der Waals surface area contributed by atoms with Crippen LogP contribution >= 0.6 is 0 Å². The predicted molar refractivity (Wildman–Crippen MR) is 77.8 cm³/mol. The number of hydrogen-bond donors (Lipinski definition) is 1. The average molecular weight is 278 g/mol. The molecule has 0 saturated carbocycles. The quantitative estimate of drug-likeness (QED) is 0.868. The third-order valence-corrected chi connectivity index (χ3v) is 3.39. The molecule has 1 N–H and O–H groups in total. The Kier molecular flexibility index (Phi) is 5.83. The zero-order valence-corrected chi connectivity index (χ0v) is 11.9.